The molecule has 5 nitrogen and oxygen atoms in total. The maximum absolute atomic E-state index is 6.27. The van der Waals surface area contributed by atoms with E-state index in [0.29, 0.717) is 10.0 Å². The number of hydrogen-bond donors (Lipinski definition) is 0. The zero-order valence-electron chi connectivity index (χ0n) is 12.1. The summed E-state index contributed by atoms with van der Waals surface area (Å²) in [7, 11) is 0. The van der Waals surface area contributed by atoms with Gasteiger partial charge in [-0.1, -0.05) is 29.3 Å². The molecule has 118 valence electrons. The van der Waals surface area contributed by atoms with Gasteiger partial charge < -0.3 is 4.57 Å². The van der Waals surface area contributed by atoms with Gasteiger partial charge in [0, 0.05) is 35.9 Å². The van der Waals surface area contributed by atoms with Crippen LogP contribution in [0.5, 0.6) is 0 Å². The first-order valence-corrected chi connectivity index (χ1v) is 8.73. The molecule has 0 radical (unpaired) electrons. The molecule has 23 heavy (non-hydrogen) atoms. The highest BCUT2D eigenvalue weighted by atomic mass is 35.5. The lowest BCUT2D eigenvalue weighted by molar-refractivity contribution is 0.209. The molecule has 0 spiro atoms. The van der Waals surface area contributed by atoms with Gasteiger partial charge in [0.2, 0.25) is 0 Å². The van der Waals surface area contributed by atoms with Gasteiger partial charge in [-0.15, -0.1) is 10.2 Å². The van der Waals surface area contributed by atoms with Gasteiger partial charge in [0.1, 0.15) is 5.82 Å². The number of aromatic nitrogens is 4. The molecule has 4 rings (SSSR count). The second-order valence-corrected chi connectivity index (χ2v) is 7.09. The van der Waals surface area contributed by atoms with E-state index in [0.717, 1.165) is 48.3 Å². The molecule has 1 aliphatic rings. The molecule has 0 saturated heterocycles. The maximum Gasteiger partial charge on any atom is 0.175 e. The average Bonchev–Trinajstić information content (AvgIpc) is 3.18. The summed E-state index contributed by atoms with van der Waals surface area (Å²) in [5, 5.41) is 10.0. The molecule has 0 atom stereocenters. The van der Waals surface area contributed by atoms with E-state index in [1.807, 2.05) is 18.2 Å². The van der Waals surface area contributed by atoms with E-state index >= 15 is 0 Å². The SMILES string of the molecule is Clc1ccc(CN2CCn3c(nnc3-c3ccns3)C2)c(Cl)c1. The predicted molar refractivity (Wildman–Crippen MR) is 91.7 cm³/mol. The van der Waals surface area contributed by atoms with Crippen molar-refractivity contribution in [1.82, 2.24) is 24.0 Å². The highest BCUT2D eigenvalue weighted by Crippen LogP contribution is 2.26. The van der Waals surface area contributed by atoms with Crippen molar-refractivity contribution in [3.63, 3.8) is 0 Å². The van der Waals surface area contributed by atoms with Gasteiger partial charge in [0.25, 0.3) is 0 Å². The normalized spacial score (nSPS) is 14.9. The van der Waals surface area contributed by atoms with Crippen LogP contribution >= 0.6 is 34.7 Å². The minimum atomic E-state index is 0.659. The van der Waals surface area contributed by atoms with Crippen LogP contribution in [0, 0.1) is 0 Å². The molecule has 0 bridgehead atoms. The van der Waals surface area contributed by atoms with E-state index in [1.165, 1.54) is 11.5 Å². The van der Waals surface area contributed by atoms with Crippen molar-refractivity contribution in [1.29, 1.82) is 0 Å². The monoisotopic (exact) mass is 365 g/mol. The summed E-state index contributed by atoms with van der Waals surface area (Å²) in [6, 6.07) is 7.61. The third-order valence-electron chi connectivity index (χ3n) is 3.90. The van der Waals surface area contributed by atoms with Crippen molar-refractivity contribution >= 4 is 34.7 Å². The molecule has 8 heteroatoms. The molecule has 0 aliphatic carbocycles. The van der Waals surface area contributed by atoms with Crippen molar-refractivity contribution < 1.29 is 0 Å². The lowest BCUT2D eigenvalue weighted by Crippen LogP contribution is -2.33. The van der Waals surface area contributed by atoms with Gasteiger partial charge in [-0.05, 0) is 35.3 Å². The van der Waals surface area contributed by atoms with E-state index in [9.17, 15) is 0 Å². The van der Waals surface area contributed by atoms with Crippen molar-refractivity contribution in [2.45, 2.75) is 19.6 Å². The lowest BCUT2D eigenvalue weighted by atomic mass is 10.2. The summed E-state index contributed by atoms with van der Waals surface area (Å²) in [6.07, 6.45) is 1.79. The number of halogens is 2. The van der Waals surface area contributed by atoms with Crippen LogP contribution in [-0.2, 0) is 19.6 Å². The molecular weight excluding hydrogens is 353 g/mol. The second kappa shape index (κ2) is 6.20. The lowest BCUT2D eigenvalue weighted by Gasteiger charge is -2.27. The largest absolute Gasteiger partial charge is 0.308 e. The summed E-state index contributed by atoms with van der Waals surface area (Å²) in [4.78, 5) is 3.37. The van der Waals surface area contributed by atoms with E-state index in [1.54, 1.807) is 12.3 Å². The molecule has 2 aromatic heterocycles. The number of hydrogen-bond acceptors (Lipinski definition) is 5. The summed E-state index contributed by atoms with van der Waals surface area (Å²) < 4.78 is 6.31. The van der Waals surface area contributed by atoms with Crippen LogP contribution < -0.4 is 0 Å². The fourth-order valence-corrected chi connectivity index (χ4v) is 3.80. The highest BCUT2D eigenvalue weighted by molar-refractivity contribution is 7.09. The number of nitrogens with zero attached hydrogens (tertiary/aromatic N) is 5. The van der Waals surface area contributed by atoms with Gasteiger partial charge in [-0.2, -0.15) is 0 Å². The molecule has 0 saturated carbocycles. The topological polar surface area (TPSA) is 46.8 Å². The second-order valence-electron chi connectivity index (χ2n) is 5.41. The first-order valence-electron chi connectivity index (χ1n) is 7.20. The minimum Gasteiger partial charge on any atom is -0.308 e. The Bertz CT molecular complexity index is 831. The Kier molecular flexibility index (Phi) is 4.07. The molecule has 3 heterocycles. The van der Waals surface area contributed by atoms with Crippen molar-refractivity contribution in [3.8, 4) is 10.7 Å². The summed E-state index contributed by atoms with van der Waals surface area (Å²) in [5.74, 6) is 1.89. The van der Waals surface area contributed by atoms with E-state index in [2.05, 4.69) is 24.0 Å². The Morgan fingerprint density at radius 3 is 2.83 bits per heavy atom. The van der Waals surface area contributed by atoms with Crippen molar-refractivity contribution in [2.24, 2.45) is 0 Å². The van der Waals surface area contributed by atoms with Crippen LogP contribution in [0.2, 0.25) is 10.0 Å². The van der Waals surface area contributed by atoms with E-state index in [-0.39, 0.29) is 0 Å². The van der Waals surface area contributed by atoms with Crippen LogP contribution in [0.15, 0.2) is 30.5 Å². The zero-order valence-corrected chi connectivity index (χ0v) is 14.4. The predicted octanol–water partition coefficient (Wildman–Crippen LogP) is 3.72. The molecule has 1 aliphatic heterocycles. The summed E-state index contributed by atoms with van der Waals surface area (Å²) >= 11 is 13.7. The minimum absolute atomic E-state index is 0.659. The Morgan fingerprint density at radius 2 is 2.04 bits per heavy atom. The van der Waals surface area contributed by atoms with Gasteiger partial charge in [-0.3, -0.25) is 4.90 Å². The highest BCUT2D eigenvalue weighted by Gasteiger charge is 2.22. The van der Waals surface area contributed by atoms with Crippen molar-refractivity contribution in [2.75, 3.05) is 6.54 Å². The first-order chi connectivity index (χ1) is 11.2. The van der Waals surface area contributed by atoms with Crippen LogP contribution in [0.3, 0.4) is 0 Å². The van der Waals surface area contributed by atoms with Crippen LogP contribution in [0.1, 0.15) is 11.4 Å². The first kappa shape index (κ1) is 15.1. The fraction of sp³-hybridized carbons (Fsp3) is 0.267. The fourth-order valence-electron chi connectivity index (χ4n) is 2.75. The average molecular weight is 366 g/mol. The number of rotatable bonds is 3. The molecular formula is C15H13Cl2N5S. The van der Waals surface area contributed by atoms with Crippen molar-refractivity contribution in [3.05, 3.63) is 51.9 Å². The Morgan fingerprint density at radius 1 is 1.13 bits per heavy atom. The Labute approximate surface area is 147 Å². The molecule has 0 amide bonds. The molecule has 0 unspecified atom stereocenters. The van der Waals surface area contributed by atoms with Crippen LogP contribution in [0.4, 0.5) is 0 Å². The zero-order chi connectivity index (χ0) is 15.8. The molecule has 0 fully saturated rings. The molecule has 0 N–H and O–H groups in total. The van der Waals surface area contributed by atoms with Gasteiger partial charge >= 0.3 is 0 Å². The third kappa shape index (κ3) is 2.99. The van der Waals surface area contributed by atoms with Crippen LogP contribution in [-0.4, -0.2) is 30.6 Å². The standard InChI is InChI=1S/C15H13Cl2N5S/c16-11-2-1-10(12(17)7-11)8-21-5-6-22-14(9-21)19-20-15(22)13-3-4-18-23-13/h1-4,7H,5-6,8-9H2. The Hall–Kier alpha value is -1.47. The summed E-state index contributed by atoms with van der Waals surface area (Å²) in [6.45, 7) is 3.32. The smallest absolute Gasteiger partial charge is 0.175 e. The van der Waals surface area contributed by atoms with Crippen LogP contribution in [0.25, 0.3) is 10.7 Å². The van der Waals surface area contributed by atoms with E-state index < -0.39 is 0 Å². The Balaban J connectivity index is 1.53. The van der Waals surface area contributed by atoms with Gasteiger partial charge in [0.15, 0.2) is 5.82 Å². The van der Waals surface area contributed by atoms with Gasteiger partial charge in [-0.25, -0.2) is 4.37 Å². The quantitative estimate of drug-likeness (QED) is 0.709. The van der Waals surface area contributed by atoms with Gasteiger partial charge in [0.05, 0.1) is 11.4 Å². The number of benzene rings is 1. The molecule has 3 aromatic rings. The maximum atomic E-state index is 6.27. The van der Waals surface area contributed by atoms with E-state index in [4.69, 9.17) is 23.2 Å². The molecule has 1 aromatic carbocycles. The third-order valence-corrected chi connectivity index (χ3v) is 5.23. The number of fused-ring (bicyclic) bond motifs is 1. The summed E-state index contributed by atoms with van der Waals surface area (Å²) in [5.41, 5.74) is 1.08.